The third-order valence-electron chi connectivity index (χ3n) is 3.82. The van der Waals surface area contributed by atoms with Gasteiger partial charge in [0, 0.05) is 6.04 Å². The van der Waals surface area contributed by atoms with Crippen LogP contribution < -0.4 is 4.90 Å². The van der Waals surface area contributed by atoms with Crippen LogP contribution >= 0.6 is 11.3 Å². The molecule has 0 spiro atoms. The number of rotatable bonds is 5. The summed E-state index contributed by atoms with van der Waals surface area (Å²) >= 11 is 1.59. The van der Waals surface area contributed by atoms with Crippen molar-refractivity contribution in [1.82, 2.24) is 14.8 Å². The van der Waals surface area contributed by atoms with E-state index >= 15 is 0 Å². The fraction of sp³-hybridized carbons (Fsp3) is 0.375. The summed E-state index contributed by atoms with van der Waals surface area (Å²) in [7, 11) is 1.87. The molecule has 1 aromatic carbocycles. The Kier molecular flexibility index (Phi) is 4.33. The van der Waals surface area contributed by atoms with Gasteiger partial charge in [0.1, 0.15) is 11.6 Å². The third-order valence-corrected chi connectivity index (χ3v) is 4.86. The van der Waals surface area contributed by atoms with Crippen molar-refractivity contribution in [3.8, 4) is 0 Å². The smallest absolute Gasteiger partial charge is 0.314 e. The first kappa shape index (κ1) is 16.5. The molecule has 1 atom stereocenters. The van der Waals surface area contributed by atoms with E-state index in [0.29, 0.717) is 6.54 Å². The van der Waals surface area contributed by atoms with E-state index < -0.39 is 17.8 Å². The van der Waals surface area contributed by atoms with E-state index in [1.807, 2.05) is 31.3 Å². The Balaban J connectivity index is 1.70. The van der Waals surface area contributed by atoms with E-state index in [1.165, 1.54) is 0 Å². The van der Waals surface area contributed by atoms with Gasteiger partial charge in [0.2, 0.25) is 0 Å². The van der Waals surface area contributed by atoms with Gasteiger partial charge in [0.05, 0.1) is 17.3 Å². The van der Waals surface area contributed by atoms with Crippen LogP contribution in [0.5, 0.6) is 0 Å². The molecule has 1 aromatic heterocycles. The van der Waals surface area contributed by atoms with Crippen LogP contribution in [0.1, 0.15) is 18.9 Å². The van der Waals surface area contributed by atoms with Gasteiger partial charge in [-0.3, -0.25) is 14.5 Å². The lowest BCUT2D eigenvalue weighted by Gasteiger charge is -2.20. The Morgan fingerprint density at radius 3 is 2.50 bits per heavy atom. The van der Waals surface area contributed by atoms with E-state index in [2.05, 4.69) is 4.98 Å². The topological polar surface area (TPSA) is 75.0 Å². The zero-order valence-corrected chi connectivity index (χ0v) is 14.6. The number of para-hydroxylation sites is 1. The number of aromatic nitrogens is 1. The molecule has 8 heteroatoms. The van der Waals surface area contributed by atoms with E-state index in [-0.39, 0.29) is 12.7 Å². The number of amides is 4. The molecule has 0 bridgehead atoms. The highest BCUT2D eigenvalue weighted by Crippen LogP contribution is 2.20. The number of hydrogen-bond acceptors (Lipinski definition) is 5. The largest absolute Gasteiger partial charge is 0.338 e. The predicted molar refractivity (Wildman–Crippen MR) is 89.3 cm³/mol. The number of carbonyl (C=O) groups is 3. The second-order valence-corrected chi connectivity index (χ2v) is 7.27. The lowest BCUT2D eigenvalue weighted by molar-refractivity contribution is -0.901. The standard InChI is InChI=1S/C16H18N4O3S/c1-10(2)20-15(22)14(21)19(16(20)23)9-18(3)8-13-17-11-6-4-5-7-12(11)24-13/h4-7,10H,8-9H2,1-3H3/p+1. The first-order valence-electron chi connectivity index (χ1n) is 7.73. The highest BCUT2D eigenvalue weighted by Gasteiger charge is 2.46. The highest BCUT2D eigenvalue weighted by molar-refractivity contribution is 7.18. The van der Waals surface area contributed by atoms with Gasteiger partial charge in [-0.25, -0.2) is 14.7 Å². The molecule has 24 heavy (non-hydrogen) atoms. The van der Waals surface area contributed by atoms with E-state index in [0.717, 1.165) is 29.9 Å². The Morgan fingerprint density at radius 2 is 1.88 bits per heavy atom. The van der Waals surface area contributed by atoms with Crippen LogP contribution in [0.25, 0.3) is 10.2 Å². The van der Waals surface area contributed by atoms with Gasteiger partial charge >= 0.3 is 17.8 Å². The minimum Gasteiger partial charge on any atom is -0.314 e. The molecule has 1 saturated heterocycles. The lowest BCUT2D eigenvalue weighted by atomic mass is 10.3. The number of nitrogens with zero attached hydrogens (tertiary/aromatic N) is 3. The highest BCUT2D eigenvalue weighted by atomic mass is 32.1. The van der Waals surface area contributed by atoms with Crippen molar-refractivity contribution in [2.45, 2.75) is 26.4 Å². The number of urea groups is 1. The average molecular weight is 347 g/mol. The first-order chi connectivity index (χ1) is 11.4. The van der Waals surface area contributed by atoms with Gasteiger partial charge in [-0.05, 0) is 26.0 Å². The van der Waals surface area contributed by atoms with Crippen LogP contribution in [-0.4, -0.2) is 52.4 Å². The molecule has 0 aliphatic carbocycles. The molecule has 0 radical (unpaired) electrons. The van der Waals surface area contributed by atoms with Crippen LogP contribution in [0.2, 0.25) is 0 Å². The van der Waals surface area contributed by atoms with Crippen molar-refractivity contribution in [2.24, 2.45) is 0 Å². The molecule has 1 fully saturated rings. The van der Waals surface area contributed by atoms with Crippen LogP contribution in [0.3, 0.4) is 0 Å². The lowest BCUT2D eigenvalue weighted by Crippen LogP contribution is -3.09. The Morgan fingerprint density at radius 1 is 1.17 bits per heavy atom. The molecule has 0 saturated carbocycles. The SMILES string of the molecule is CC(C)N1C(=O)C(=O)N(C[NH+](C)Cc2nc3ccccc3s2)C1=O. The predicted octanol–water partition coefficient (Wildman–Crippen LogP) is 0.468. The molecule has 2 heterocycles. The van der Waals surface area contributed by atoms with Crippen molar-refractivity contribution in [1.29, 1.82) is 0 Å². The molecule has 1 aliphatic rings. The number of thiazole rings is 1. The van der Waals surface area contributed by atoms with Crippen molar-refractivity contribution >= 4 is 39.4 Å². The van der Waals surface area contributed by atoms with Gasteiger partial charge in [0.25, 0.3) is 0 Å². The van der Waals surface area contributed by atoms with Gasteiger partial charge in [-0.2, -0.15) is 0 Å². The molecular formula is C16H19N4O3S+. The Labute approximate surface area is 143 Å². The summed E-state index contributed by atoms with van der Waals surface area (Å²) in [4.78, 5) is 43.7. The number of carbonyl (C=O) groups excluding carboxylic acids is 3. The Hall–Kier alpha value is -2.32. The second kappa shape index (κ2) is 6.29. The van der Waals surface area contributed by atoms with Crippen LogP contribution in [0.15, 0.2) is 24.3 Å². The van der Waals surface area contributed by atoms with E-state index in [4.69, 9.17) is 0 Å². The fourth-order valence-corrected chi connectivity index (χ4v) is 3.78. The molecule has 2 aromatic rings. The number of nitrogens with one attached hydrogen (secondary N) is 1. The van der Waals surface area contributed by atoms with Crippen molar-refractivity contribution in [2.75, 3.05) is 13.7 Å². The summed E-state index contributed by atoms with van der Waals surface area (Å²) in [6.45, 7) is 4.14. The summed E-state index contributed by atoms with van der Waals surface area (Å²) < 4.78 is 1.11. The zero-order chi connectivity index (χ0) is 17.4. The maximum atomic E-state index is 12.3. The molecule has 4 amide bonds. The maximum Gasteiger partial charge on any atom is 0.338 e. The number of quaternary nitrogens is 1. The van der Waals surface area contributed by atoms with Gasteiger partial charge < -0.3 is 4.90 Å². The summed E-state index contributed by atoms with van der Waals surface area (Å²) in [5.41, 5.74) is 0.944. The summed E-state index contributed by atoms with van der Waals surface area (Å²) in [5, 5.41) is 0.930. The van der Waals surface area contributed by atoms with Crippen molar-refractivity contribution in [3.63, 3.8) is 0 Å². The number of hydrogen-bond donors (Lipinski definition) is 1. The van der Waals surface area contributed by atoms with E-state index in [9.17, 15) is 14.4 Å². The van der Waals surface area contributed by atoms with Crippen LogP contribution in [-0.2, 0) is 16.1 Å². The second-order valence-electron chi connectivity index (χ2n) is 6.15. The normalized spacial score (nSPS) is 16.8. The number of fused-ring (bicyclic) bond motifs is 1. The average Bonchev–Trinajstić information content (AvgIpc) is 3.01. The van der Waals surface area contributed by atoms with Gasteiger partial charge in [-0.1, -0.05) is 12.1 Å². The Bertz CT molecular complexity index is 784. The van der Waals surface area contributed by atoms with Crippen LogP contribution in [0.4, 0.5) is 4.79 Å². The molecule has 3 rings (SSSR count). The van der Waals surface area contributed by atoms with Crippen LogP contribution in [0, 0.1) is 0 Å². The molecule has 1 unspecified atom stereocenters. The van der Waals surface area contributed by atoms with Crippen molar-refractivity contribution in [3.05, 3.63) is 29.3 Å². The maximum absolute atomic E-state index is 12.3. The van der Waals surface area contributed by atoms with Gasteiger partial charge in [0.15, 0.2) is 6.67 Å². The molecule has 126 valence electrons. The number of benzene rings is 1. The quantitative estimate of drug-likeness (QED) is 0.630. The molecular weight excluding hydrogens is 328 g/mol. The van der Waals surface area contributed by atoms with Gasteiger partial charge in [-0.15, -0.1) is 11.3 Å². The molecule has 1 N–H and O–H groups in total. The fourth-order valence-electron chi connectivity index (χ4n) is 2.70. The molecule has 1 aliphatic heterocycles. The van der Waals surface area contributed by atoms with E-state index in [1.54, 1.807) is 25.2 Å². The molecule has 7 nitrogen and oxygen atoms in total. The van der Waals surface area contributed by atoms with Crippen molar-refractivity contribution < 1.29 is 19.3 Å². The summed E-state index contributed by atoms with van der Waals surface area (Å²) in [6, 6.07) is 7.01. The number of imide groups is 2. The minimum atomic E-state index is -0.752. The summed E-state index contributed by atoms with van der Waals surface area (Å²) in [5.74, 6) is -1.50. The zero-order valence-electron chi connectivity index (χ0n) is 13.8. The monoisotopic (exact) mass is 347 g/mol. The minimum absolute atomic E-state index is 0.141. The first-order valence-corrected chi connectivity index (χ1v) is 8.55. The third kappa shape index (κ3) is 2.90. The summed E-state index contributed by atoms with van der Waals surface area (Å²) in [6.07, 6.45) is 0.